The van der Waals surface area contributed by atoms with Crippen LogP contribution in [-0.2, 0) is 16.3 Å². The molecule has 2 N–H and O–H groups in total. The lowest BCUT2D eigenvalue weighted by Gasteiger charge is -2.10. The second-order valence-corrected chi connectivity index (χ2v) is 6.48. The molecule has 0 aromatic heterocycles. The Balaban J connectivity index is 2.37. The van der Waals surface area contributed by atoms with Crippen molar-refractivity contribution in [2.75, 3.05) is 6.26 Å². The fourth-order valence-electron chi connectivity index (χ4n) is 1.61. The highest BCUT2D eigenvalue weighted by Gasteiger charge is 2.40. The van der Waals surface area contributed by atoms with Gasteiger partial charge in [-0.3, -0.25) is 0 Å². The summed E-state index contributed by atoms with van der Waals surface area (Å²) in [5.74, 6) is 0.0349. The van der Waals surface area contributed by atoms with Crippen LogP contribution < -0.4 is 0 Å². The minimum Gasteiger partial charge on any atom is -0.508 e. The van der Waals surface area contributed by atoms with Gasteiger partial charge in [-0.2, -0.15) is 0 Å². The Bertz CT molecular complexity index is 515. The molecule has 1 aromatic carbocycles. The van der Waals surface area contributed by atoms with Gasteiger partial charge in [0.15, 0.2) is 9.84 Å². The topological polar surface area (TPSA) is 74.6 Å². The lowest BCUT2D eigenvalue weighted by atomic mass is 10.1. The average molecular weight is 242 g/mol. The molecule has 0 unspecified atom stereocenters. The summed E-state index contributed by atoms with van der Waals surface area (Å²) in [4.78, 5) is 0.171. The van der Waals surface area contributed by atoms with Gasteiger partial charge in [-0.05, 0) is 36.6 Å². The normalized spacial score (nSPS) is 18.4. The zero-order chi connectivity index (χ0) is 12.0. The molecule has 1 aliphatic carbocycles. The number of hydrogen-bond acceptors (Lipinski definition) is 4. The van der Waals surface area contributed by atoms with Crippen molar-refractivity contribution in [2.24, 2.45) is 0 Å². The van der Waals surface area contributed by atoms with E-state index in [4.69, 9.17) is 0 Å². The first kappa shape index (κ1) is 11.4. The molecule has 1 saturated carbocycles. The third-order valence-electron chi connectivity index (χ3n) is 2.83. The van der Waals surface area contributed by atoms with E-state index in [0.29, 0.717) is 24.8 Å². The van der Waals surface area contributed by atoms with Gasteiger partial charge < -0.3 is 10.2 Å². The van der Waals surface area contributed by atoms with Crippen LogP contribution in [-0.4, -0.2) is 30.5 Å². The molecule has 0 radical (unpaired) electrons. The highest BCUT2D eigenvalue weighted by molar-refractivity contribution is 7.90. The Kier molecular flexibility index (Phi) is 2.47. The van der Waals surface area contributed by atoms with Crippen molar-refractivity contribution < 1.29 is 18.6 Å². The van der Waals surface area contributed by atoms with E-state index in [1.807, 2.05) is 0 Å². The minimum atomic E-state index is -3.27. The van der Waals surface area contributed by atoms with Crippen molar-refractivity contribution in [2.45, 2.75) is 29.8 Å². The maximum atomic E-state index is 11.3. The van der Waals surface area contributed by atoms with Crippen molar-refractivity contribution in [1.29, 1.82) is 0 Å². The van der Waals surface area contributed by atoms with Crippen molar-refractivity contribution in [1.82, 2.24) is 0 Å². The second kappa shape index (κ2) is 3.46. The van der Waals surface area contributed by atoms with E-state index < -0.39 is 15.4 Å². The van der Waals surface area contributed by atoms with Gasteiger partial charge in [0.25, 0.3) is 0 Å². The largest absolute Gasteiger partial charge is 0.508 e. The molecule has 1 aromatic rings. The Labute approximate surface area is 94.5 Å². The Hall–Kier alpha value is -1.07. The van der Waals surface area contributed by atoms with E-state index in [1.54, 1.807) is 0 Å². The highest BCUT2D eigenvalue weighted by atomic mass is 32.2. The first-order valence-corrected chi connectivity index (χ1v) is 6.94. The number of aromatic hydroxyl groups is 1. The van der Waals surface area contributed by atoms with E-state index in [0.717, 1.165) is 6.26 Å². The van der Waals surface area contributed by atoms with Crippen LogP contribution in [0.3, 0.4) is 0 Å². The monoisotopic (exact) mass is 242 g/mol. The Morgan fingerprint density at radius 2 is 2.00 bits per heavy atom. The SMILES string of the molecule is CS(=O)(=O)c1ccc(O)c(CC2(O)CC2)c1. The zero-order valence-corrected chi connectivity index (χ0v) is 9.79. The number of phenols is 1. The van der Waals surface area contributed by atoms with E-state index in [1.165, 1.54) is 18.2 Å². The van der Waals surface area contributed by atoms with Crippen LogP contribution in [0, 0.1) is 0 Å². The molecular weight excluding hydrogens is 228 g/mol. The van der Waals surface area contributed by atoms with E-state index >= 15 is 0 Å². The number of rotatable bonds is 3. The molecule has 0 heterocycles. The highest BCUT2D eigenvalue weighted by Crippen LogP contribution is 2.40. The predicted molar refractivity (Wildman–Crippen MR) is 59.1 cm³/mol. The predicted octanol–water partition coefficient (Wildman–Crippen LogP) is 0.863. The number of benzene rings is 1. The fourth-order valence-corrected chi connectivity index (χ4v) is 2.28. The van der Waals surface area contributed by atoms with Gasteiger partial charge in [0.1, 0.15) is 5.75 Å². The smallest absolute Gasteiger partial charge is 0.175 e. The van der Waals surface area contributed by atoms with Crippen LogP contribution in [0.1, 0.15) is 18.4 Å². The fraction of sp³-hybridized carbons (Fsp3) is 0.455. The third kappa shape index (κ3) is 2.36. The van der Waals surface area contributed by atoms with Gasteiger partial charge in [0, 0.05) is 12.7 Å². The summed E-state index contributed by atoms with van der Waals surface area (Å²) in [7, 11) is -3.27. The Morgan fingerprint density at radius 3 is 2.50 bits per heavy atom. The van der Waals surface area contributed by atoms with Crippen molar-refractivity contribution in [3.63, 3.8) is 0 Å². The van der Waals surface area contributed by atoms with Gasteiger partial charge in [0.2, 0.25) is 0 Å². The summed E-state index contributed by atoms with van der Waals surface area (Å²) in [6.07, 6.45) is 2.84. The summed E-state index contributed by atoms with van der Waals surface area (Å²) in [6, 6.07) is 4.16. The zero-order valence-electron chi connectivity index (χ0n) is 8.97. The number of aliphatic hydroxyl groups is 1. The quantitative estimate of drug-likeness (QED) is 0.824. The molecule has 0 atom stereocenters. The van der Waals surface area contributed by atoms with Gasteiger partial charge in [-0.1, -0.05) is 0 Å². The second-order valence-electron chi connectivity index (χ2n) is 4.46. The molecule has 0 aliphatic heterocycles. The average Bonchev–Trinajstić information content (AvgIpc) is 2.86. The van der Waals surface area contributed by atoms with Gasteiger partial charge in [-0.25, -0.2) is 8.42 Å². The molecule has 1 fully saturated rings. The summed E-state index contributed by atoms with van der Waals surface area (Å²) >= 11 is 0. The summed E-state index contributed by atoms with van der Waals surface area (Å²) in [5.41, 5.74) is -0.254. The minimum absolute atomic E-state index is 0.0349. The molecule has 4 nitrogen and oxygen atoms in total. The molecule has 1 aliphatic rings. The molecule has 5 heteroatoms. The third-order valence-corrected chi connectivity index (χ3v) is 3.94. The van der Waals surface area contributed by atoms with Gasteiger partial charge >= 0.3 is 0 Å². The molecule has 0 spiro atoms. The van der Waals surface area contributed by atoms with Crippen LogP contribution in [0.4, 0.5) is 0 Å². The van der Waals surface area contributed by atoms with Crippen LogP contribution in [0.5, 0.6) is 5.75 Å². The summed E-state index contributed by atoms with van der Waals surface area (Å²) in [6.45, 7) is 0. The standard InChI is InChI=1S/C11H14O4S/c1-16(14,15)9-2-3-10(12)8(6-9)7-11(13)4-5-11/h2-3,6,12-13H,4-5,7H2,1H3. The van der Waals surface area contributed by atoms with Gasteiger partial charge in [0.05, 0.1) is 10.5 Å². The number of sulfone groups is 1. The molecule has 0 amide bonds. The molecule has 0 saturated heterocycles. The lowest BCUT2D eigenvalue weighted by molar-refractivity contribution is 0.150. The van der Waals surface area contributed by atoms with E-state index in [2.05, 4.69) is 0 Å². The molecule has 88 valence electrons. The van der Waals surface area contributed by atoms with Crippen molar-refractivity contribution in [3.05, 3.63) is 23.8 Å². The van der Waals surface area contributed by atoms with Crippen molar-refractivity contribution >= 4 is 9.84 Å². The first-order valence-electron chi connectivity index (χ1n) is 5.05. The van der Waals surface area contributed by atoms with Crippen LogP contribution in [0.25, 0.3) is 0 Å². The number of hydrogen-bond donors (Lipinski definition) is 2. The first-order chi connectivity index (χ1) is 7.30. The molecule has 0 bridgehead atoms. The Morgan fingerprint density at radius 1 is 1.38 bits per heavy atom. The van der Waals surface area contributed by atoms with Crippen molar-refractivity contribution in [3.8, 4) is 5.75 Å². The molecule has 2 rings (SSSR count). The maximum Gasteiger partial charge on any atom is 0.175 e. The van der Waals surface area contributed by atoms with E-state index in [-0.39, 0.29) is 10.6 Å². The van der Waals surface area contributed by atoms with E-state index in [9.17, 15) is 18.6 Å². The lowest BCUT2D eigenvalue weighted by Crippen LogP contribution is -2.11. The summed E-state index contributed by atoms with van der Waals surface area (Å²) < 4.78 is 22.7. The maximum absolute atomic E-state index is 11.3. The molecular formula is C11H14O4S. The van der Waals surface area contributed by atoms with Gasteiger partial charge in [-0.15, -0.1) is 0 Å². The summed E-state index contributed by atoms with van der Waals surface area (Å²) in [5, 5.41) is 19.3. The van der Waals surface area contributed by atoms with Crippen LogP contribution in [0.2, 0.25) is 0 Å². The molecule has 16 heavy (non-hydrogen) atoms. The van der Waals surface area contributed by atoms with Crippen LogP contribution >= 0.6 is 0 Å². The van der Waals surface area contributed by atoms with Crippen LogP contribution in [0.15, 0.2) is 23.1 Å². The number of phenolic OH excluding ortho intramolecular Hbond substituents is 1.